The van der Waals surface area contributed by atoms with Crippen molar-refractivity contribution < 1.29 is 23.8 Å². The molecule has 0 aliphatic rings. The van der Waals surface area contributed by atoms with Crippen LogP contribution in [0.15, 0.2) is 39.6 Å². The number of allylic oxidation sites excluding steroid dienone is 1. The van der Waals surface area contributed by atoms with E-state index in [1.807, 2.05) is 6.92 Å². The van der Waals surface area contributed by atoms with Gasteiger partial charge in [-0.25, -0.2) is 4.79 Å². The monoisotopic (exact) mass is 372 g/mol. The van der Waals surface area contributed by atoms with Gasteiger partial charge >= 0.3 is 5.63 Å². The summed E-state index contributed by atoms with van der Waals surface area (Å²) < 4.78 is 16.2. The van der Waals surface area contributed by atoms with Gasteiger partial charge in [0.05, 0.1) is 13.2 Å². The molecule has 0 saturated carbocycles. The molecule has 6 nitrogen and oxygen atoms in total. The molecule has 0 unspecified atom stereocenters. The minimum absolute atomic E-state index is 0.233. The second kappa shape index (κ2) is 9.07. The summed E-state index contributed by atoms with van der Waals surface area (Å²) in [7, 11) is 0. The molecule has 2 rings (SSSR count). The van der Waals surface area contributed by atoms with Crippen LogP contribution in [0.3, 0.4) is 0 Å². The Hall–Kier alpha value is -3.02. The maximum Gasteiger partial charge on any atom is 0.351 e. The van der Waals surface area contributed by atoms with Gasteiger partial charge in [0.25, 0.3) is 0 Å². The Labute approximate surface area is 158 Å². The highest BCUT2D eigenvalue weighted by atomic mass is 16.5. The topological polar surface area (TPSA) is 86.0 Å². The fourth-order valence-corrected chi connectivity index (χ4v) is 2.35. The lowest BCUT2D eigenvalue weighted by molar-refractivity contribution is 0.104. The molecule has 0 spiro atoms. The maximum atomic E-state index is 12.3. The minimum Gasteiger partial charge on any atom is -0.507 e. The minimum atomic E-state index is -0.866. The molecule has 0 atom stereocenters. The molecular formula is C21H24O6. The van der Waals surface area contributed by atoms with Crippen LogP contribution in [0.4, 0.5) is 0 Å². The Balaban J connectivity index is 2.24. The van der Waals surface area contributed by atoms with E-state index in [0.29, 0.717) is 36.2 Å². The van der Waals surface area contributed by atoms with Gasteiger partial charge in [0.1, 0.15) is 17.1 Å². The molecule has 27 heavy (non-hydrogen) atoms. The molecule has 0 aliphatic heterocycles. The summed E-state index contributed by atoms with van der Waals surface area (Å²) >= 11 is 0. The Morgan fingerprint density at radius 1 is 1.22 bits per heavy atom. The number of carbonyl (C=O) groups is 1. The zero-order valence-corrected chi connectivity index (χ0v) is 15.9. The standard InChI is InChI=1S/C21H24O6/c1-5-25-19-11-15(7-9-18(19)26-12-13(2)3)6-8-16(22)20-17(23)10-14(4)27-21(20)24/h6-11,13,23H,5,12H2,1-4H3/b8-6+. The van der Waals surface area contributed by atoms with E-state index in [2.05, 4.69) is 13.8 Å². The van der Waals surface area contributed by atoms with Gasteiger partial charge in [0, 0.05) is 6.07 Å². The molecule has 1 N–H and O–H groups in total. The van der Waals surface area contributed by atoms with Crippen molar-refractivity contribution in [1.82, 2.24) is 0 Å². The number of ether oxygens (including phenoxy) is 2. The third kappa shape index (κ3) is 5.48. The maximum absolute atomic E-state index is 12.3. The first-order valence-electron chi connectivity index (χ1n) is 8.77. The van der Waals surface area contributed by atoms with Gasteiger partial charge in [-0.05, 0) is 43.5 Å². The number of hydrogen-bond donors (Lipinski definition) is 1. The van der Waals surface area contributed by atoms with Gasteiger partial charge in [-0.15, -0.1) is 0 Å². The summed E-state index contributed by atoms with van der Waals surface area (Å²) in [5.41, 5.74) is -0.562. The fourth-order valence-electron chi connectivity index (χ4n) is 2.35. The number of hydrogen-bond acceptors (Lipinski definition) is 6. The Morgan fingerprint density at radius 3 is 2.59 bits per heavy atom. The number of ketones is 1. The highest BCUT2D eigenvalue weighted by Gasteiger charge is 2.16. The zero-order chi connectivity index (χ0) is 20.0. The lowest BCUT2D eigenvalue weighted by Crippen LogP contribution is -2.12. The molecule has 1 heterocycles. The Bertz CT molecular complexity index is 892. The second-order valence-electron chi connectivity index (χ2n) is 6.45. The molecule has 0 bridgehead atoms. The van der Waals surface area contributed by atoms with Crippen molar-refractivity contribution in [2.75, 3.05) is 13.2 Å². The van der Waals surface area contributed by atoms with E-state index in [4.69, 9.17) is 13.9 Å². The highest BCUT2D eigenvalue weighted by Crippen LogP contribution is 2.29. The summed E-state index contributed by atoms with van der Waals surface area (Å²) in [4.78, 5) is 24.1. The normalized spacial score (nSPS) is 11.1. The van der Waals surface area contributed by atoms with Gasteiger partial charge in [0.15, 0.2) is 17.3 Å². The number of benzene rings is 1. The third-order valence-electron chi connectivity index (χ3n) is 3.57. The van der Waals surface area contributed by atoms with E-state index < -0.39 is 22.7 Å². The van der Waals surface area contributed by atoms with Crippen LogP contribution in [0.25, 0.3) is 6.08 Å². The molecule has 1 aromatic carbocycles. The number of aromatic hydroxyl groups is 1. The molecule has 0 aliphatic carbocycles. The van der Waals surface area contributed by atoms with Crippen LogP contribution in [0.5, 0.6) is 17.2 Å². The lowest BCUT2D eigenvalue weighted by Gasteiger charge is -2.14. The SMILES string of the molecule is CCOc1cc(/C=C/C(=O)c2c(O)cc(C)oc2=O)ccc1OCC(C)C. The zero-order valence-electron chi connectivity index (χ0n) is 15.9. The van der Waals surface area contributed by atoms with Gasteiger partial charge in [-0.3, -0.25) is 4.79 Å². The average molecular weight is 372 g/mol. The van der Waals surface area contributed by atoms with Crippen LogP contribution in [-0.2, 0) is 0 Å². The molecule has 144 valence electrons. The molecule has 6 heteroatoms. The van der Waals surface area contributed by atoms with Gasteiger partial charge < -0.3 is 19.0 Å². The summed E-state index contributed by atoms with van der Waals surface area (Å²) in [6.45, 7) is 8.54. The van der Waals surface area contributed by atoms with E-state index >= 15 is 0 Å². The number of carbonyl (C=O) groups excluding carboxylic acids is 1. The van der Waals surface area contributed by atoms with Gasteiger partial charge in [0.2, 0.25) is 0 Å². The van der Waals surface area contributed by atoms with Crippen LogP contribution in [0.2, 0.25) is 0 Å². The van der Waals surface area contributed by atoms with E-state index in [1.165, 1.54) is 25.1 Å². The van der Waals surface area contributed by atoms with Gasteiger partial charge in [-0.2, -0.15) is 0 Å². The highest BCUT2D eigenvalue weighted by molar-refractivity contribution is 6.08. The van der Waals surface area contributed by atoms with Crippen molar-refractivity contribution in [1.29, 1.82) is 0 Å². The molecule has 0 radical (unpaired) electrons. The summed E-state index contributed by atoms with van der Waals surface area (Å²) in [5.74, 6) is 0.781. The van der Waals surface area contributed by atoms with Crippen molar-refractivity contribution in [2.24, 2.45) is 5.92 Å². The number of aryl methyl sites for hydroxylation is 1. The van der Waals surface area contributed by atoms with Crippen LogP contribution >= 0.6 is 0 Å². The third-order valence-corrected chi connectivity index (χ3v) is 3.57. The molecule has 2 aromatic rings. The molecule has 0 fully saturated rings. The van der Waals surface area contributed by atoms with Crippen LogP contribution < -0.4 is 15.1 Å². The van der Waals surface area contributed by atoms with E-state index in [1.54, 1.807) is 18.2 Å². The summed E-state index contributed by atoms with van der Waals surface area (Å²) in [6.07, 6.45) is 2.75. The summed E-state index contributed by atoms with van der Waals surface area (Å²) in [6, 6.07) is 6.53. The predicted molar refractivity (Wildman–Crippen MR) is 103 cm³/mol. The van der Waals surface area contributed by atoms with E-state index in [0.717, 1.165) is 0 Å². The predicted octanol–water partition coefficient (Wildman–Crippen LogP) is 3.98. The molecule has 1 aromatic heterocycles. The average Bonchev–Trinajstić information content (AvgIpc) is 2.58. The Morgan fingerprint density at radius 2 is 1.96 bits per heavy atom. The summed E-state index contributed by atoms with van der Waals surface area (Å²) in [5, 5.41) is 9.84. The lowest BCUT2D eigenvalue weighted by atomic mass is 10.1. The smallest absolute Gasteiger partial charge is 0.351 e. The molecule has 0 amide bonds. The van der Waals surface area contributed by atoms with Crippen LogP contribution in [0, 0.1) is 12.8 Å². The van der Waals surface area contributed by atoms with Crippen LogP contribution in [0.1, 0.15) is 42.5 Å². The molecule has 0 saturated heterocycles. The van der Waals surface area contributed by atoms with Crippen molar-refractivity contribution >= 4 is 11.9 Å². The van der Waals surface area contributed by atoms with Crippen molar-refractivity contribution in [3.05, 3.63) is 57.6 Å². The van der Waals surface area contributed by atoms with Gasteiger partial charge in [-0.1, -0.05) is 26.0 Å². The Kier molecular flexibility index (Phi) is 6.82. The van der Waals surface area contributed by atoms with Crippen LogP contribution in [-0.4, -0.2) is 24.1 Å². The van der Waals surface area contributed by atoms with Crippen molar-refractivity contribution in [3.8, 4) is 17.2 Å². The van der Waals surface area contributed by atoms with Crippen molar-refractivity contribution in [2.45, 2.75) is 27.7 Å². The molecular weight excluding hydrogens is 348 g/mol. The van der Waals surface area contributed by atoms with Crippen molar-refractivity contribution in [3.63, 3.8) is 0 Å². The van der Waals surface area contributed by atoms with E-state index in [9.17, 15) is 14.7 Å². The first kappa shape index (κ1) is 20.3. The first-order valence-corrected chi connectivity index (χ1v) is 8.77. The first-order chi connectivity index (χ1) is 12.8. The second-order valence-corrected chi connectivity index (χ2v) is 6.45. The number of rotatable bonds is 8. The largest absolute Gasteiger partial charge is 0.507 e. The fraction of sp³-hybridized carbons (Fsp3) is 0.333. The van der Waals surface area contributed by atoms with E-state index in [-0.39, 0.29) is 5.76 Å². The quantitative estimate of drug-likeness (QED) is 0.557.